The minimum Gasteiger partial charge on any atom is -0.368 e. The molecule has 0 spiro atoms. The van der Waals surface area contributed by atoms with Crippen LogP contribution in [0.25, 0.3) is 10.9 Å². The molecular formula is C21H22F6N6O. The first-order valence-electron chi connectivity index (χ1n) is 10.3. The van der Waals surface area contributed by atoms with Crippen LogP contribution in [0.15, 0.2) is 35.3 Å². The van der Waals surface area contributed by atoms with E-state index in [2.05, 4.69) is 20.3 Å². The molecule has 6 N–H and O–H groups in total. The molecule has 4 rings (SSSR count). The highest BCUT2D eigenvalue weighted by molar-refractivity contribution is 5.90. The number of rotatable bonds is 2. The van der Waals surface area contributed by atoms with Crippen LogP contribution in [0.3, 0.4) is 0 Å². The van der Waals surface area contributed by atoms with Crippen LogP contribution < -0.4 is 22.3 Å². The van der Waals surface area contributed by atoms with Gasteiger partial charge < -0.3 is 21.8 Å². The molecular weight excluding hydrogens is 466 g/mol. The smallest absolute Gasteiger partial charge is 0.368 e. The lowest BCUT2D eigenvalue weighted by Gasteiger charge is -2.15. The van der Waals surface area contributed by atoms with Crippen LogP contribution in [0.2, 0.25) is 0 Å². The average Bonchev–Trinajstić information content (AvgIpc) is 2.73. The summed E-state index contributed by atoms with van der Waals surface area (Å²) in [6.07, 6.45) is -2.10. The number of hydrogen-bond acceptors (Lipinski definition) is 6. The molecule has 34 heavy (non-hydrogen) atoms. The number of nitrogens with one attached hydrogen (secondary N) is 2. The molecule has 1 aliphatic carbocycles. The summed E-state index contributed by atoms with van der Waals surface area (Å²) in [7, 11) is 0. The third kappa shape index (κ3) is 6.37. The van der Waals surface area contributed by atoms with Gasteiger partial charge in [0.1, 0.15) is 11.2 Å². The third-order valence-corrected chi connectivity index (χ3v) is 5.14. The van der Waals surface area contributed by atoms with Crippen LogP contribution in [0.4, 0.5) is 43.8 Å². The van der Waals surface area contributed by atoms with Crippen molar-refractivity contribution in [1.29, 1.82) is 0 Å². The zero-order valence-electron chi connectivity index (χ0n) is 17.7. The van der Waals surface area contributed by atoms with Crippen molar-refractivity contribution in [2.45, 2.75) is 50.5 Å². The fourth-order valence-electron chi connectivity index (χ4n) is 3.50. The number of aromatic amines is 1. The monoisotopic (exact) mass is 488 g/mol. The Bertz CT molecular complexity index is 1170. The summed E-state index contributed by atoms with van der Waals surface area (Å²) < 4.78 is 77.8. The normalized spacial score (nSPS) is 15.0. The average molecular weight is 488 g/mol. The Labute approximate surface area is 189 Å². The van der Waals surface area contributed by atoms with Crippen LogP contribution in [0.5, 0.6) is 0 Å². The second-order valence-electron chi connectivity index (χ2n) is 7.82. The van der Waals surface area contributed by atoms with E-state index in [1.807, 2.05) is 0 Å². The quantitative estimate of drug-likeness (QED) is 0.378. The highest BCUT2D eigenvalue weighted by Crippen LogP contribution is 2.38. The van der Waals surface area contributed by atoms with E-state index in [0.717, 1.165) is 0 Å². The topological polar surface area (TPSA) is 123 Å². The minimum absolute atomic E-state index is 0.00949. The first-order valence-corrected chi connectivity index (χ1v) is 10.3. The van der Waals surface area contributed by atoms with Crippen molar-refractivity contribution in [3.8, 4) is 0 Å². The first kappa shape index (κ1) is 25.3. The van der Waals surface area contributed by atoms with Gasteiger partial charge in [-0.25, -0.2) is 4.98 Å². The molecule has 1 saturated carbocycles. The molecule has 2 heterocycles. The molecule has 7 nitrogen and oxygen atoms in total. The first-order chi connectivity index (χ1) is 15.8. The number of pyridine rings is 1. The van der Waals surface area contributed by atoms with Gasteiger partial charge in [-0.05, 0) is 37.1 Å². The summed E-state index contributed by atoms with van der Waals surface area (Å²) in [5.41, 5.74) is 6.90. The fraction of sp³-hybridized carbons (Fsp3) is 0.381. The molecule has 0 amide bonds. The summed E-state index contributed by atoms with van der Waals surface area (Å²) in [6.45, 7) is 0. The highest BCUT2D eigenvalue weighted by Gasteiger charge is 2.37. The van der Waals surface area contributed by atoms with E-state index in [4.69, 9.17) is 11.5 Å². The molecule has 1 aliphatic rings. The summed E-state index contributed by atoms with van der Waals surface area (Å²) in [5.74, 6) is -0.648. The molecule has 0 aliphatic heterocycles. The number of benzene rings is 1. The SMILES string of the molecule is NC1CCCCC1.Nc1nc(Nc2cc(C(F)(F)F)cc(C(F)(F)F)c2)c2c(=O)[nH]ccc2n1. The van der Waals surface area contributed by atoms with Gasteiger partial charge in [0.25, 0.3) is 5.56 Å². The van der Waals surface area contributed by atoms with Crippen molar-refractivity contribution in [3.05, 3.63) is 51.9 Å². The molecule has 2 aromatic heterocycles. The summed E-state index contributed by atoms with van der Waals surface area (Å²) in [5, 5.41) is 2.13. The van der Waals surface area contributed by atoms with Crippen molar-refractivity contribution < 1.29 is 26.3 Å². The highest BCUT2D eigenvalue weighted by atomic mass is 19.4. The Morgan fingerprint density at radius 2 is 1.53 bits per heavy atom. The van der Waals surface area contributed by atoms with Crippen molar-refractivity contribution in [2.75, 3.05) is 11.1 Å². The van der Waals surface area contributed by atoms with E-state index in [0.29, 0.717) is 18.2 Å². The maximum absolute atomic E-state index is 13.0. The lowest BCUT2D eigenvalue weighted by atomic mass is 9.97. The molecule has 0 atom stereocenters. The molecule has 3 aromatic rings. The van der Waals surface area contributed by atoms with Crippen LogP contribution in [0, 0.1) is 0 Å². The van der Waals surface area contributed by atoms with E-state index in [9.17, 15) is 31.1 Å². The Kier molecular flexibility index (Phi) is 7.34. The lowest BCUT2D eigenvalue weighted by molar-refractivity contribution is -0.143. The summed E-state index contributed by atoms with van der Waals surface area (Å²) >= 11 is 0. The Morgan fingerprint density at radius 3 is 2.03 bits per heavy atom. The maximum Gasteiger partial charge on any atom is 0.416 e. The number of H-pyrrole nitrogens is 1. The second-order valence-corrected chi connectivity index (χ2v) is 7.82. The van der Waals surface area contributed by atoms with Crippen molar-refractivity contribution in [3.63, 3.8) is 0 Å². The number of alkyl halides is 6. The van der Waals surface area contributed by atoms with Gasteiger partial charge in [0, 0.05) is 17.9 Å². The van der Waals surface area contributed by atoms with Gasteiger partial charge in [0.05, 0.1) is 16.6 Å². The van der Waals surface area contributed by atoms with Crippen molar-refractivity contribution >= 4 is 28.4 Å². The number of fused-ring (bicyclic) bond motifs is 1. The molecule has 1 aromatic carbocycles. The van der Waals surface area contributed by atoms with Gasteiger partial charge in [-0.1, -0.05) is 19.3 Å². The van der Waals surface area contributed by atoms with Gasteiger partial charge >= 0.3 is 12.4 Å². The summed E-state index contributed by atoms with van der Waals surface area (Å²) in [6, 6.07) is 2.82. The van der Waals surface area contributed by atoms with Crippen molar-refractivity contribution in [2.24, 2.45) is 5.73 Å². The maximum atomic E-state index is 13.0. The van der Waals surface area contributed by atoms with E-state index in [1.165, 1.54) is 44.4 Å². The number of nitrogen functional groups attached to an aromatic ring is 1. The van der Waals surface area contributed by atoms with E-state index < -0.39 is 34.7 Å². The molecule has 0 unspecified atom stereocenters. The van der Waals surface area contributed by atoms with Crippen LogP contribution in [-0.2, 0) is 12.4 Å². The van der Waals surface area contributed by atoms with Crippen LogP contribution in [0.1, 0.15) is 43.2 Å². The Morgan fingerprint density at radius 1 is 0.941 bits per heavy atom. The second kappa shape index (κ2) is 9.87. The van der Waals surface area contributed by atoms with Crippen molar-refractivity contribution in [1.82, 2.24) is 15.0 Å². The molecule has 0 bridgehead atoms. The zero-order valence-corrected chi connectivity index (χ0v) is 17.7. The molecule has 1 fully saturated rings. The number of nitrogens with two attached hydrogens (primary N) is 2. The molecule has 0 saturated heterocycles. The van der Waals surface area contributed by atoms with E-state index >= 15 is 0 Å². The molecule has 0 radical (unpaired) electrons. The predicted molar refractivity (Wildman–Crippen MR) is 115 cm³/mol. The van der Waals surface area contributed by atoms with Crippen LogP contribution >= 0.6 is 0 Å². The van der Waals surface area contributed by atoms with Gasteiger partial charge in [-0.3, -0.25) is 4.79 Å². The van der Waals surface area contributed by atoms with Gasteiger partial charge in [0.2, 0.25) is 5.95 Å². The Hall–Kier alpha value is -3.35. The van der Waals surface area contributed by atoms with E-state index in [-0.39, 0.29) is 28.7 Å². The predicted octanol–water partition coefficient (Wildman–Crippen LogP) is 4.96. The minimum atomic E-state index is -5.01. The van der Waals surface area contributed by atoms with Gasteiger partial charge in [-0.15, -0.1) is 0 Å². The van der Waals surface area contributed by atoms with Gasteiger partial charge in [-0.2, -0.15) is 31.3 Å². The standard InChI is InChI=1S/C15H9F6N5O.C6H13N/c16-14(17,18)6-3-7(15(19,20)21)5-8(4-6)24-11-10-9(25-13(22)26-11)1-2-23-12(10)27;7-6-4-2-1-3-5-6/h1-5H,(H,23,27)(H3,22,24,25,26);6H,1-5,7H2. The van der Waals surface area contributed by atoms with E-state index in [1.54, 1.807) is 0 Å². The Balaban J connectivity index is 0.000000396. The third-order valence-electron chi connectivity index (χ3n) is 5.14. The largest absolute Gasteiger partial charge is 0.416 e. The molecule has 184 valence electrons. The fourth-order valence-corrected chi connectivity index (χ4v) is 3.50. The number of hydrogen-bond donors (Lipinski definition) is 4. The number of anilines is 3. The summed E-state index contributed by atoms with van der Waals surface area (Å²) in [4.78, 5) is 21.8. The lowest BCUT2D eigenvalue weighted by Crippen LogP contribution is -2.22. The van der Waals surface area contributed by atoms with Crippen LogP contribution in [-0.4, -0.2) is 21.0 Å². The number of halogens is 6. The van der Waals surface area contributed by atoms with Gasteiger partial charge in [0.15, 0.2) is 0 Å². The number of aromatic nitrogens is 3. The number of nitrogens with zero attached hydrogens (tertiary/aromatic N) is 2. The zero-order chi connectivity index (χ0) is 25.1. The molecule has 13 heteroatoms.